The predicted molar refractivity (Wildman–Crippen MR) is 121 cm³/mol. The van der Waals surface area contributed by atoms with Gasteiger partial charge in [-0.25, -0.2) is 4.98 Å². The van der Waals surface area contributed by atoms with Crippen molar-refractivity contribution in [3.8, 4) is 11.3 Å². The summed E-state index contributed by atoms with van der Waals surface area (Å²) >= 11 is 0. The Kier molecular flexibility index (Phi) is 7.42. The fourth-order valence-electron chi connectivity index (χ4n) is 3.65. The molecule has 0 saturated heterocycles. The van der Waals surface area contributed by atoms with E-state index in [4.69, 9.17) is 14.1 Å². The zero-order valence-corrected chi connectivity index (χ0v) is 19.0. The van der Waals surface area contributed by atoms with Crippen molar-refractivity contribution in [1.82, 2.24) is 9.55 Å². The summed E-state index contributed by atoms with van der Waals surface area (Å²) in [6.45, 7) is 7.21. The highest BCUT2D eigenvalue weighted by atomic mass is 28.4. The maximum atomic E-state index is 6.76. The van der Waals surface area contributed by atoms with Crippen LogP contribution in [0.1, 0.15) is 38.4 Å². The summed E-state index contributed by atoms with van der Waals surface area (Å²) in [4.78, 5) is 4.73. The molecule has 2 aromatic carbocycles. The van der Waals surface area contributed by atoms with Gasteiger partial charge in [-0.05, 0) is 29.3 Å². The molecule has 154 valence electrons. The van der Waals surface area contributed by atoms with E-state index < -0.39 is 14.6 Å². The lowest BCUT2D eigenvalue weighted by atomic mass is 10.2. The molecule has 0 radical (unpaired) electrons. The minimum atomic E-state index is -1.87. The normalized spacial score (nSPS) is 12.8. The Morgan fingerprint density at radius 3 is 2.07 bits per heavy atom. The van der Waals surface area contributed by atoms with Crippen LogP contribution in [0.2, 0.25) is 18.1 Å². The van der Waals surface area contributed by atoms with E-state index in [0.717, 1.165) is 40.8 Å². The predicted octanol–water partition coefficient (Wildman–Crippen LogP) is 6.32. The summed E-state index contributed by atoms with van der Waals surface area (Å²) in [6.07, 6.45) is 1.45. The van der Waals surface area contributed by atoms with E-state index in [9.17, 15) is 0 Å². The molecule has 0 saturated carbocycles. The van der Waals surface area contributed by atoms with Crippen LogP contribution in [0.4, 0.5) is 0 Å². The molecule has 3 rings (SSSR count). The maximum Gasteiger partial charge on any atom is 0.208 e. The van der Waals surface area contributed by atoms with Gasteiger partial charge in [0.2, 0.25) is 6.29 Å². The summed E-state index contributed by atoms with van der Waals surface area (Å²) in [5.74, 6) is 0.826. The molecule has 0 fully saturated rings. The minimum Gasteiger partial charge on any atom is -0.387 e. The van der Waals surface area contributed by atoms with Gasteiger partial charge in [-0.3, -0.25) is 0 Å². The van der Waals surface area contributed by atoms with Crippen molar-refractivity contribution < 1.29 is 9.16 Å². The van der Waals surface area contributed by atoms with E-state index in [1.54, 1.807) is 0 Å². The highest BCUT2D eigenvalue weighted by Gasteiger charge is 2.35. The van der Waals surface area contributed by atoms with Gasteiger partial charge in [0, 0.05) is 7.05 Å². The van der Waals surface area contributed by atoms with Crippen molar-refractivity contribution in [2.45, 2.75) is 51.8 Å². The third kappa shape index (κ3) is 5.04. The summed E-state index contributed by atoms with van der Waals surface area (Å²) in [5, 5.41) is 0. The van der Waals surface area contributed by atoms with Gasteiger partial charge < -0.3 is 13.7 Å². The fraction of sp³-hybridized carbons (Fsp3) is 0.375. The topological polar surface area (TPSA) is 36.3 Å². The first kappa shape index (κ1) is 21.5. The molecule has 0 aliphatic heterocycles. The molecular formula is C24H32N2O2Si. The number of hydrogen-bond acceptors (Lipinski definition) is 3. The lowest BCUT2D eigenvalue weighted by Crippen LogP contribution is -2.38. The van der Waals surface area contributed by atoms with Crippen molar-refractivity contribution in [2.24, 2.45) is 7.05 Å². The Morgan fingerprint density at radius 2 is 1.48 bits per heavy atom. The van der Waals surface area contributed by atoms with Crippen LogP contribution >= 0.6 is 0 Å². The molecule has 0 bridgehead atoms. The Morgan fingerprint density at radius 1 is 0.897 bits per heavy atom. The molecule has 3 aromatic rings. The molecular weight excluding hydrogens is 376 g/mol. The smallest absolute Gasteiger partial charge is 0.208 e. The van der Waals surface area contributed by atoms with Crippen LogP contribution in [-0.2, 0) is 22.8 Å². The molecule has 0 amide bonds. The Bertz CT molecular complexity index is 868. The first-order valence-corrected chi connectivity index (χ1v) is 13.1. The number of rotatable bonds is 10. The van der Waals surface area contributed by atoms with Gasteiger partial charge in [-0.1, -0.05) is 81.4 Å². The van der Waals surface area contributed by atoms with Gasteiger partial charge in [0.1, 0.15) is 0 Å². The molecule has 0 aliphatic rings. The summed E-state index contributed by atoms with van der Waals surface area (Å²) in [7, 11) is 0.169. The third-order valence-electron chi connectivity index (χ3n) is 5.84. The Balaban J connectivity index is 1.91. The number of aromatic nitrogens is 2. The van der Waals surface area contributed by atoms with Gasteiger partial charge in [0.15, 0.2) is 14.1 Å². The van der Waals surface area contributed by atoms with Gasteiger partial charge >= 0.3 is 0 Å². The van der Waals surface area contributed by atoms with Gasteiger partial charge in [-0.15, -0.1) is 0 Å². The van der Waals surface area contributed by atoms with E-state index in [-0.39, 0.29) is 0 Å². The highest BCUT2D eigenvalue weighted by molar-refractivity contribution is 6.73. The Hall–Kier alpha value is -2.21. The molecule has 4 nitrogen and oxygen atoms in total. The second-order valence-electron chi connectivity index (χ2n) is 7.42. The summed E-state index contributed by atoms with van der Waals surface area (Å²) in [6, 6.07) is 23.8. The lowest BCUT2D eigenvalue weighted by molar-refractivity contribution is -0.107. The number of imidazole rings is 1. The van der Waals surface area contributed by atoms with Crippen molar-refractivity contribution in [1.29, 1.82) is 0 Å². The molecule has 1 atom stereocenters. The molecule has 1 unspecified atom stereocenters. The first-order valence-electron chi connectivity index (χ1n) is 10.5. The van der Waals surface area contributed by atoms with Crippen LogP contribution in [0.15, 0.2) is 66.9 Å². The number of benzene rings is 2. The van der Waals surface area contributed by atoms with E-state index in [0.29, 0.717) is 6.61 Å². The second-order valence-corrected chi connectivity index (χ2v) is 12.1. The number of ether oxygens (including phenoxy) is 1. The van der Waals surface area contributed by atoms with Crippen LogP contribution in [-0.4, -0.2) is 17.9 Å². The van der Waals surface area contributed by atoms with E-state index in [1.807, 2.05) is 49.6 Å². The molecule has 29 heavy (non-hydrogen) atoms. The van der Waals surface area contributed by atoms with Gasteiger partial charge in [0.05, 0.1) is 18.5 Å². The van der Waals surface area contributed by atoms with Crippen LogP contribution in [0.3, 0.4) is 0 Å². The maximum absolute atomic E-state index is 6.76. The SMILES string of the molecule is CC[Si](CC)(CC)OC(OCc1ccccc1)c1ncc(-c2ccccc2)n1C. The highest BCUT2D eigenvalue weighted by Crippen LogP contribution is 2.32. The van der Waals surface area contributed by atoms with Crippen molar-refractivity contribution >= 4 is 8.32 Å². The minimum absolute atomic E-state index is 0.468. The quantitative estimate of drug-likeness (QED) is 0.291. The second kappa shape index (κ2) is 10.0. The van der Waals surface area contributed by atoms with Crippen molar-refractivity contribution in [2.75, 3.05) is 0 Å². The standard InChI is InChI=1S/C24H32N2O2Si/c1-5-29(6-2,7-3)28-24(27-19-20-14-10-8-11-15-20)23-25-18-22(26(23)4)21-16-12-9-13-17-21/h8-18,24H,5-7,19H2,1-4H3. The number of nitrogens with zero attached hydrogens (tertiary/aromatic N) is 2. The molecule has 0 N–H and O–H groups in total. The molecule has 5 heteroatoms. The zero-order valence-electron chi connectivity index (χ0n) is 18.0. The average molecular weight is 409 g/mol. The summed E-state index contributed by atoms with van der Waals surface area (Å²) < 4.78 is 15.2. The fourth-order valence-corrected chi connectivity index (χ4v) is 6.28. The Labute approximate surface area is 175 Å². The van der Waals surface area contributed by atoms with Crippen molar-refractivity contribution in [3.63, 3.8) is 0 Å². The van der Waals surface area contributed by atoms with E-state index in [1.165, 1.54) is 0 Å². The first-order chi connectivity index (χ1) is 14.1. The van der Waals surface area contributed by atoms with Crippen LogP contribution in [0.25, 0.3) is 11.3 Å². The number of hydrogen-bond donors (Lipinski definition) is 0. The summed E-state index contributed by atoms with van der Waals surface area (Å²) in [5.41, 5.74) is 3.34. The molecule has 1 heterocycles. The van der Waals surface area contributed by atoms with E-state index >= 15 is 0 Å². The monoisotopic (exact) mass is 408 g/mol. The zero-order chi connectivity index (χ0) is 20.7. The lowest BCUT2D eigenvalue weighted by Gasteiger charge is -2.32. The van der Waals surface area contributed by atoms with Crippen LogP contribution in [0, 0.1) is 0 Å². The largest absolute Gasteiger partial charge is 0.387 e. The molecule has 1 aromatic heterocycles. The average Bonchev–Trinajstić information content (AvgIpc) is 3.17. The molecule has 0 aliphatic carbocycles. The van der Waals surface area contributed by atoms with Gasteiger partial charge in [-0.2, -0.15) is 0 Å². The van der Waals surface area contributed by atoms with Gasteiger partial charge in [0.25, 0.3) is 0 Å². The third-order valence-corrected chi connectivity index (χ3v) is 10.4. The van der Waals surface area contributed by atoms with Crippen molar-refractivity contribution in [3.05, 3.63) is 78.2 Å². The van der Waals surface area contributed by atoms with E-state index in [2.05, 4.69) is 49.6 Å². The van der Waals surface area contributed by atoms with Crippen LogP contribution in [0.5, 0.6) is 0 Å². The molecule has 0 spiro atoms. The van der Waals surface area contributed by atoms with Crippen LogP contribution < -0.4 is 0 Å².